The number of hydrogen-bond acceptors (Lipinski definition) is 3. The highest BCUT2D eigenvalue weighted by atomic mass is 19.1. The summed E-state index contributed by atoms with van der Waals surface area (Å²) in [5, 5.41) is 11.1. The van der Waals surface area contributed by atoms with Crippen LogP contribution in [0.1, 0.15) is 21.5 Å². The number of carbonyl (C=O) groups excluding carboxylic acids is 1. The molecular weight excluding hydrogens is 268 g/mol. The van der Waals surface area contributed by atoms with E-state index >= 15 is 0 Å². The van der Waals surface area contributed by atoms with Gasteiger partial charge in [-0.15, -0.1) is 0 Å². The molecule has 0 aliphatic heterocycles. The van der Waals surface area contributed by atoms with E-state index in [1.807, 2.05) is 0 Å². The molecule has 0 saturated heterocycles. The fourth-order valence-electron chi connectivity index (χ4n) is 2.58. The van der Waals surface area contributed by atoms with E-state index in [9.17, 15) is 23.7 Å². The van der Waals surface area contributed by atoms with Crippen LogP contribution in [0.4, 0.5) is 14.5 Å². The van der Waals surface area contributed by atoms with Crippen LogP contribution in [-0.2, 0) is 0 Å². The number of carbonyl (C=O) groups is 1. The molecule has 0 amide bonds. The first-order chi connectivity index (χ1) is 9.40. The second-order valence-corrected chi connectivity index (χ2v) is 4.58. The normalized spacial score (nSPS) is 12.2. The van der Waals surface area contributed by atoms with Crippen molar-refractivity contribution in [2.75, 3.05) is 0 Å². The van der Waals surface area contributed by atoms with E-state index in [2.05, 4.69) is 0 Å². The molecule has 0 saturated carbocycles. The third-order valence-electron chi connectivity index (χ3n) is 3.32. The topological polar surface area (TPSA) is 60.2 Å². The van der Waals surface area contributed by atoms with Gasteiger partial charge < -0.3 is 0 Å². The minimum Gasteiger partial charge on any atom is -0.289 e. The zero-order valence-electron chi connectivity index (χ0n) is 10.2. The predicted molar refractivity (Wildman–Crippen MR) is 66.6 cm³/mol. The van der Waals surface area contributed by atoms with Gasteiger partial charge in [-0.25, -0.2) is 8.78 Å². The Morgan fingerprint density at radius 1 is 1.00 bits per heavy atom. The first kappa shape index (κ1) is 12.4. The van der Waals surface area contributed by atoms with Gasteiger partial charge in [-0.3, -0.25) is 14.9 Å². The summed E-state index contributed by atoms with van der Waals surface area (Å²) in [5.41, 5.74) is 0.224. The number of aryl methyl sites for hydroxylation is 1. The summed E-state index contributed by atoms with van der Waals surface area (Å²) < 4.78 is 26.8. The lowest BCUT2D eigenvalue weighted by Crippen LogP contribution is -1.98. The van der Waals surface area contributed by atoms with Crippen molar-refractivity contribution in [3.63, 3.8) is 0 Å². The summed E-state index contributed by atoms with van der Waals surface area (Å²) in [6.07, 6.45) is 0. The lowest BCUT2D eigenvalue weighted by Gasteiger charge is -2.05. The Balaban J connectivity index is 2.46. The van der Waals surface area contributed by atoms with Gasteiger partial charge in [0.15, 0.2) is 5.78 Å². The van der Waals surface area contributed by atoms with E-state index in [1.54, 1.807) is 6.92 Å². The molecule has 100 valence electrons. The monoisotopic (exact) mass is 275 g/mol. The number of rotatable bonds is 1. The van der Waals surface area contributed by atoms with Gasteiger partial charge in [-0.05, 0) is 30.7 Å². The maximum atomic E-state index is 13.4. The van der Waals surface area contributed by atoms with Crippen molar-refractivity contribution >= 4 is 11.5 Å². The fraction of sp³-hybridized carbons (Fsp3) is 0.0714. The average molecular weight is 275 g/mol. The van der Waals surface area contributed by atoms with Gasteiger partial charge in [-0.1, -0.05) is 0 Å². The van der Waals surface area contributed by atoms with Crippen molar-refractivity contribution in [3.8, 4) is 11.1 Å². The van der Waals surface area contributed by atoms with Crippen molar-refractivity contribution in [1.29, 1.82) is 0 Å². The molecule has 1 aliphatic carbocycles. The third kappa shape index (κ3) is 1.54. The van der Waals surface area contributed by atoms with Gasteiger partial charge in [0.05, 0.1) is 16.6 Å². The van der Waals surface area contributed by atoms with Gasteiger partial charge in [0.1, 0.15) is 11.6 Å². The number of halogens is 2. The zero-order chi connectivity index (χ0) is 14.6. The fourth-order valence-corrected chi connectivity index (χ4v) is 2.58. The van der Waals surface area contributed by atoms with E-state index < -0.39 is 28.0 Å². The van der Waals surface area contributed by atoms with Crippen LogP contribution >= 0.6 is 0 Å². The molecule has 0 unspecified atom stereocenters. The second kappa shape index (κ2) is 3.93. The van der Waals surface area contributed by atoms with Crippen LogP contribution in [-0.4, -0.2) is 10.7 Å². The van der Waals surface area contributed by atoms with Crippen LogP contribution in [0.25, 0.3) is 11.1 Å². The standard InChI is InChI=1S/C14H7F2NO3/c1-6-2-7(15)3-9-12(6)13-10(14(9)18)4-8(16)5-11(13)17(19)20/h2-5H,1H3. The van der Waals surface area contributed by atoms with E-state index in [4.69, 9.17) is 0 Å². The zero-order valence-corrected chi connectivity index (χ0v) is 10.2. The lowest BCUT2D eigenvalue weighted by atomic mass is 9.99. The highest BCUT2D eigenvalue weighted by Gasteiger charge is 2.35. The Hall–Kier alpha value is -2.63. The minimum atomic E-state index is -0.866. The Morgan fingerprint density at radius 2 is 1.55 bits per heavy atom. The maximum absolute atomic E-state index is 13.4. The molecule has 0 atom stereocenters. The first-order valence-electron chi connectivity index (χ1n) is 5.73. The molecule has 0 radical (unpaired) electrons. The lowest BCUT2D eigenvalue weighted by molar-refractivity contribution is -0.384. The summed E-state index contributed by atoms with van der Waals surface area (Å²) >= 11 is 0. The van der Waals surface area contributed by atoms with Crippen molar-refractivity contribution < 1.29 is 18.5 Å². The Labute approximate surface area is 111 Å². The molecular formula is C14H7F2NO3. The summed E-state index contributed by atoms with van der Waals surface area (Å²) in [6.45, 7) is 1.55. The van der Waals surface area contributed by atoms with Crippen LogP contribution < -0.4 is 0 Å². The number of nitro groups is 1. The summed E-state index contributed by atoms with van der Waals surface area (Å²) in [5.74, 6) is -2.07. The van der Waals surface area contributed by atoms with Crippen LogP contribution in [0, 0.1) is 28.7 Å². The summed E-state index contributed by atoms with van der Waals surface area (Å²) in [4.78, 5) is 22.5. The van der Waals surface area contributed by atoms with E-state index in [0.717, 1.165) is 18.2 Å². The quantitative estimate of drug-likeness (QED) is 0.505. The predicted octanol–water partition coefficient (Wildman–Crippen LogP) is 3.39. The van der Waals surface area contributed by atoms with Gasteiger partial charge in [0, 0.05) is 16.7 Å². The molecule has 0 fully saturated rings. The van der Waals surface area contributed by atoms with Crippen LogP contribution in [0.15, 0.2) is 24.3 Å². The van der Waals surface area contributed by atoms with Gasteiger partial charge in [0.2, 0.25) is 0 Å². The maximum Gasteiger partial charge on any atom is 0.280 e. The minimum absolute atomic E-state index is 0.0335. The number of fused-ring (bicyclic) bond motifs is 3. The molecule has 4 nitrogen and oxygen atoms in total. The molecule has 0 bridgehead atoms. The Bertz CT molecular complexity index is 799. The first-order valence-corrected chi connectivity index (χ1v) is 5.73. The highest BCUT2D eigenvalue weighted by Crippen LogP contribution is 2.44. The van der Waals surface area contributed by atoms with Crippen molar-refractivity contribution in [1.82, 2.24) is 0 Å². The largest absolute Gasteiger partial charge is 0.289 e. The Morgan fingerprint density at radius 3 is 2.15 bits per heavy atom. The molecule has 20 heavy (non-hydrogen) atoms. The van der Waals surface area contributed by atoms with Gasteiger partial charge in [0.25, 0.3) is 5.69 Å². The smallest absolute Gasteiger partial charge is 0.280 e. The number of nitro benzene ring substituents is 1. The summed E-state index contributed by atoms with van der Waals surface area (Å²) in [7, 11) is 0. The molecule has 1 aliphatic rings. The number of ketones is 1. The van der Waals surface area contributed by atoms with Crippen LogP contribution in [0.2, 0.25) is 0 Å². The molecule has 2 aromatic rings. The average Bonchev–Trinajstić information content (AvgIpc) is 2.62. The molecule has 0 aromatic heterocycles. The third-order valence-corrected chi connectivity index (χ3v) is 3.32. The molecule has 0 spiro atoms. The van der Waals surface area contributed by atoms with E-state index in [-0.39, 0.29) is 16.7 Å². The van der Waals surface area contributed by atoms with E-state index in [1.165, 1.54) is 6.07 Å². The molecule has 6 heteroatoms. The number of benzene rings is 2. The van der Waals surface area contributed by atoms with Crippen LogP contribution in [0.5, 0.6) is 0 Å². The second-order valence-electron chi connectivity index (χ2n) is 4.58. The molecule has 0 N–H and O–H groups in total. The van der Waals surface area contributed by atoms with Crippen molar-refractivity contribution in [2.24, 2.45) is 0 Å². The highest BCUT2D eigenvalue weighted by molar-refractivity contribution is 6.23. The number of hydrogen-bond donors (Lipinski definition) is 0. The molecule has 0 heterocycles. The van der Waals surface area contributed by atoms with Crippen molar-refractivity contribution in [2.45, 2.75) is 6.92 Å². The van der Waals surface area contributed by atoms with Crippen molar-refractivity contribution in [3.05, 3.63) is 62.7 Å². The van der Waals surface area contributed by atoms with E-state index in [0.29, 0.717) is 11.1 Å². The van der Waals surface area contributed by atoms with Gasteiger partial charge >= 0.3 is 0 Å². The Kier molecular flexibility index (Phi) is 2.44. The SMILES string of the molecule is Cc1cc(F)cc2c1-c1c(cc(F)cc1[N+](=O)[O-])C2=O. The number of nitrogens with zero attached hydrogens (tertiary/aromatic N) is 1. The van der Waals surface area contributed by atoms with Crippen LogP contribution in [0.3, 0.4) is 0 Å². The van der Waals surface area contributed by atoms with Gasteiger partial charge in [-0.2, -0.15) is 0 Å². The molecule has 3 rings (SSSR count). The molecule has 2 aromatic carbocycles. The summed E-state index contributed by atoms with van der Waals surface area (Å²) in [6, 6.07) is 3.92.